The molecular weight excluding hydrogens is 491 g/mol. The number of benzene rings is 3. The fourth-order valence-electron chi connectivity index (χ4n) is 3.45. The zero-order valence-corrected chi connectivity index (χ0v) is 20.0. The highest BCUT2D eigenvalue weighted by molar-refractivity contribution is 8.18. The van der Waals surface area contributed by atoms with Crippen molar-refractivity contribution in [2.75, 3.05) is 7.11 Å². The van der Waals surface area contributed by atoms with Crippen LogP contribution in [0.1, 0.15) is 22.3 Å². The number of carbonyl (C=O) groups is 2. The summed E-state index contributed by atoms with van der Waals surface area (Å²) >= 11 is 7.21. The molecule has 176 valence electrons. The standard InChI is InChI=1S/C26H18ClFN2O4S/c1-33-22-11-16(10-20(27)24(22)34-15-19-8-3-2-6-17(19)13-29)12-23-25(31)30(26(32)35-23)14-18-7-4-5-9-21(18)28/h2-12H,14-15H2,1H3/b23-12-. The predicted molar refractivity (Wildman–Crippen MR) is 131 cm³/mol. The highest BCUT2D eigenvalue weighted by Crippen LogP contribution is 2.39. The van der Waals surface area contributed by atoms with Gasteiger partial charge in [-0.3, -0.25) is 14.5 Å². The summed E-state index contributed by atoms with van der Waals surface area (Å²) in [6, 6.07) is 18.4. The Hall–Kier alpha value is -3.80. The van der Waals surface area contributed by atoms with Gasteiger partial charge in [0.15, 0.2) is 11.5 Å². The molecule has 4 rings (SSSR count). The fourth-order valence-corrected chi connectivity index (χ4v) is 4.56. The summed E-state index contributed by atoms with van der Waals surface area (Å²) in [5, 5.41) is 9.00. The minimum atomic E-state index is -0.522. The van der Waals surface area contributed by atoms with E-state index in [2.05, 4.69) is 6.07 Å². The van der Waals surface area contributed by atoms with Gasteiger partial charge in [-0.1, -0.05) is 48.0 Å². The maximum atomic E-state index is 14.0. The van der Waals surface area contributed by atoms with Gasteiger partial charge >= 0.3 is 0 Å². The first-order chi connectivity index (χ1) is 16.9. The Bertz CT molecular complexity index is 1390. The lowest BCUT2D eigenvalue weighted by molar-refractivity contribution is -0.123. The first-order valence-corrected chi connectivity index (χ1v) is 11.6. The Morgan fingerprint density at radius 1 is 1.11 bits per heavy atom. The van der Waals surface area contributed by atoms with E-state index in [0.717, 1.165) is 16.7 Å². The lowest BCUT2D eigenvalue weighted by atomic mass is 10.1. The molecule has 0 aromatic heterocycles. The number of amides is 2. The van der Waals surface area contributed by atoms with E-state index in [4.69, 9.17) is 21.1 Å². The minimum Gasteiger partial charge on any atom is -0.493 e. The molecule has 3 aromatic carbocycles. The normalized spacial score (nSPS) is 14.3. The van der Waals surface area contributed by atoms with Crippen LogP contribution in [0.2, 0.25) is 5.02 Å². The molecule has 1 aliphatic rings. The Morgan fingerprint density at radius 2 is 1.83 bits per heavy atom. The average molecular weight is 509 g/mol. The van der Waals surface area contributed by atoms with Crippen molar-refractivity contribution in [2.45, 2.75) is 13.2 Å². The van der Waals surface area contributed by atoms with E-state index in [-0.39, 0.29) is 34.4 Å². The van der Waals surface area contributed by atoms with Crippen LogP contribution in [0, 0.1) is 17.1 Å². The molecule has 0 radical (unpaired) electrons. The monoisotopic (exact) mass is 508 g/mol. The van der Waals surface area contributed by atoms with Crippen LogP contribution in [0.3, 0.4) is 0 Å². The summed E-state index contributed by atoms with van der Waals surface area (Å²) in [5.74, 6) is -0.401. The van der Waals surface area contributed by atoms with Gasteiger partial charge < -0.3 is 9.47 Å². The van der Waals surface area contributed by atoms with E-state index in [1.807, 2.05) is 0 Å². The van der Waals surface area contributed by atoms with Crippen LogP contribution in [-0.2, 0) is 17.9 Å². The molecule has 0 bridgehead atoms. The van der Waals surface area contributed by atoms with E-state index in [9.17, 15) is 19.2 Å². The number of nitriles is 1. The molecule has 0 spiro atoms. The van der Waals surface area contributed by atoms with Crippen LogP contribution >= 0.6 is 23.4 Å². The minimum absolute atomic E-state index is 0.105. The van der Waals surface area contributed by atoms with E-state index in [0.29, 0.717) is 22.4 Å². The van der Waals surface area contributed by atoms with Crippen molar-refractivity contribution in [1.29, 1.82) is 5.26 Å². The number of methoxy groups -OCH3 is 1. The molecule has 9 heteroatoms. The highest BCUT2D eigenvalue weighted by atomic mass is 35.5. The molecule has 2 amide bonds. The maximum absolute atomic E-state index is 14.0. The summed E-state index contributed by atoms with van der Waals surface area (Å²) < 4.78 is 25.3. The number of hydrogen-bond donors (Lipinski definition) is 0. The number of halogens is 2. The van der Waals surface area contributed by atoms with Crippen molar-refractivity contribution in [3.05, 3.63) is 98.7 Å². The van der Waals surface area contributed by atoms with Crippen molar-refractivity contribution in [2.24, 2.45) is 0 Å². The fraction of sp³-hybridized carbons (Fsp3) is 0.115. The first kappa shape index (κ1) is 24.3. The Morgan fingerprint density at radius 3 is 2.54 bits per heavy atom. The van der Waals surface area contributed by atoms with Crippen LogP contribution in [0.5, 0.6) is 11.5 Å². The topological polar surface area (TPSA) is 79.6 Å². The molecule has 0 atom stereocenters. The molecule has 35 heavy (non-hydrogen) atoms. The Labute approximate surface area is 210 Å². The van der Waals surface area contributed by atoms with E-state index in [1.54, 1.807) is 48.5 Å². The van der Waals surface area contributed by atoms with Crippen molar-refractivity contribution < 1.29 is 23.5 Å². The smallest absolute Gasteiger partial charge is 0.293 e. The average Bonchev–Trinajstić information content (AvgIpc) is 3.11. The van der Waals surface area contributed by atoms with Crippen LogP contribution in [0.4, 0.5) is 9.18 Å². The molecule has 0 saturated carbocycles. The molecule has 3 aromatic rings. The first-order valence-electron chi connectivity index (χ1n) is 10.4. The summed E-state index contributed by atoms with van der Waals surface area (Å²) in [7, 11) is 1.45. The van der Waals surface area contributed by atoms with Gasteiger partial charge in [-0.2, -0.15) is 5.26 Å². The number of thioether (sulfide) groups is 1. The molecular formula is C26H18ClFN2O4S. The number of nitrogens with zero attached hydrogens (tertiary/aromatic N) is 2. The molecule has 0 unspecified atom stereocenters. The number of carbonyl (C=O) groups excluding carboxylic acids is 2. The highest BCUT2D eigenvalue weighted by Gasteiger charge is 2.35. The second-order valence-corrected chi connectivity index (χ2v) is 8.85. The zero-order valence-electron chi connectivity index (χ0n) is 18.5. The summed E-state index contributed by atoms with van der Waals surface area (Å²) in [4.78, 5) is 26.4. The molecule has 0 aliphatic carbocycles. The number of rotatable bonds is 7. The van der Waals surface area contributed by atoms with Crippen molar-refractivity contribution in [3.8, 4) is 17.6 Å². The lowest BCUT2D eigenvalue weighted by Gasteiger charge is -2.14. The van der Waals surface area contributed by atoms with Gasteiger partial charge in [-0.25, -0.2) is 4.39 Å². The molecule has 1 heterocycles. The summed E-state index contributed by atoms with van der Waals surface area (Å²) in [6.45, 7) is -0.0518. The van der Waals surface area contributed by atoms with Crippen LogP contribution in [0.15, 0.2) is 65.6 Å². The number of hydrogen-bond acceptors (Lipinski definition) is 6. The Kier molecular flexibility index (Phi) is 7.39. The maximum Gasteiger partial charge on any atom is 0.293 e. The second kappa shape index (κ2) is 10.6. The van der Waals surface area contributed by atoms with Gasteiger partial charge in [-0.15, -0.1) is 0 Å². The summed E-state index contributed by atoms with van der Waals surface area (Å²) in [6.07, 6.45) is 1.52. The van der Waals surface area contributed by atoms with Crippen LogP contribution in [0.25, 0.3) is 6.08 Å². The van der Waals surface area contributed by atoms with E-state index < -0.39 is 17.0 Å². The number of ether oxygens (including phenoxy) is 2. The van der Waals surface area contributed by atoms with E-state index >= 15 is 0 Å². The molecule has 0 N–H and O–H groups in total. The quantitative estimate of drug-likeness (QED) is 0.355. The van der Waals surface area contributed by atoms with E-state index in [1.165, 1.54) is 25.3 Å². The lowest BCUT2D eigenvalue weighted by Crippen LogP contribution is -2.27. The largest absolute Gasteiger partial charge is 0.493 e. The van der Waals surface area contributed by atoms with Crippen LogP contribution < -0.4 is 9.47 Å². The summed E-state index contributed by atoms with van der Waals surface area (Å²) in [5.41, 5.74) is 1.96. The third kappa shape index (κ3) is 5.32. The Balaban J connectivity index is 1.55. The van der Waals surface area contributed by atoms with Gasteiger partial charge in [0.1, 0.15) is 12.4 Å². The zero-order chi connectivity index (χ0) is 24.9. The van der Waals surface area contributed by atoms with Gasteiger partial charge in [0.05, 0.1) is 35.2 Å². The molecule has 6 nitrogen and oxygen atoms in total. The molecule has 1 aliphatic heterocycles. The predicted octanol–water partition coefficient (Wildman–Crippen LogP) is 6.17. The number of imide groups is 1. The van der Waals surface area contributed by atoms with Crippen molar-refractivity contribution >= 4 is 40.6 Å². The van der Waals surface area contributed by atoms with Gasteiger partial charge in [0.2, 0.25) is 0 Å². The van der Waals surface area contributed by atoms with Crippen LogP contribution in [-0.4, -0.2) is 23.2 Å². The van der Waals surface area contributed by atoms with Crippen molar-refractivity contribution in [3.63, 3.8) is 0 Å². The second-order valence-electron chi connectivity index (χ2n) is 7.45. The van der Waals surface area contributed by atoms with Gasteiger partial charge in [-0.05, 0) is 47.7 Å². The van der Waals surface area contributed by atoms with Gasteiger partial charge in [0.25, 0.3) is 11.1 Å². The van der Waals surface area contributed by atoms with Crippen molar-refractivity contribution in [1.82, 2.24) is 4.90 Å². The third-order valence-electron chi connectivity index (χ3n) is 5.22. The molecule has 1 saturated heterocycles. The molecule has 1 fully saturated rings. The SMILES string of the molecule is COc1cc(/C=C2\SC(=O)N(Cc3ccccc3F)C2=O)cc(Cl)c1OCc1ccccc1C#N. The van der Waals surface area contributed by atoms with Gasteiger partial charge in [0, 0.05) is 11.1 Å². The third-order valence-corrected chi connectivity index (χ3v) is 6.41.